The van der Waals surface area contributed by atoms with E-state index >= 15 is 0 Å². The van der Waals surface area contributed by atoms with Gasteiger partial charge in [-0.3, -0.25) is 0 Å². The van der Waals surface area contributed by atoms with Gasteiger partial charge < -0.3 is 15.6 Å². The summed E-state index contributed by atoms with van der Waals surface area (Å²) in [6, 6.07) is 7.25. The van der Waals surface area contributed by atoms with Crippen molar-refractivity contribution >= 4 is 12.4 Å². The van der Waals surface area contributed by atoms with Crippen molar-refractivity contribution in [1.29, 1.82) is 0 Å². The van der Waals surface area contributed by atoms with Gasteiger partial charge in [-0.25, -0.2) is 0 Å². The summed E-state index contributed by atoms with van der Waals surface area (Å²) in [5.74, 6) is 0.814. The Morgan fingerprint density at radius 3 is 1.80 bits per heavy atom. The van der Waals surface area contributed by atoms with E-state index in [0.717, 1.165) is 11.3 Å². The molecule has 0 fully saturated rings. The number of ether oxygens (including phenoxy) is 1. The third-order valence-electron chi connectivity index (χ3n) is 2.92. The molecule has 4 heteroatoms. The second-order valence-corrected chi connectivity index (χ2v) is 7.12. The maximum atomic E-state index is 10.2. The van der Waals surface area contributed by atoms with Gasteiger partial charge in [-0.05, 0) is 43.9 Å². The molecule has 0 heterocycles. The molecule has 0 spiro atoms. The van der Waals surface area contributed by atoms with Gasteiger partial charge in [-0.2, -0.15) is 0 Å². The zero-order valence-corrected chi connectivity index (χ0v) is 14.1. The van der Waals surface area contributed by atoms with Crippen LogP contribution >= 0.6 is 12.4 Å². The molecule has 2 atom stereocenters. The molecule has 0 amide bonds. The van der Waals surface area contributed by atoms with E-state index in [1.165, 1.54) is 0 Å². The second kappa shape index (κ2) is 6.79. The predicted octanol–water partition coefficient (Wildman–Crippen LogP) is 3.69. The number of halogens is 1. The van der Waals surface area contributed by atoms with Crippen molar-refractivity contribution in [1.82, 2.24) is 0 Å². The first-order valence-electron chi connectivity index (χ1n) is 6.73. The van der Waals surface area contributed by atoms with E-state index in [1.807, 2.05) is 65.8 Å². The van der Waals surface area contributed by atoms with Gasteiger partial charge in [0.15, 0.2) is 0 Å². The molecule has 0 saturated heterocycles. The molecule has 1 rings (SSSR count). The average Bonchev–Trinajstić information content (AvgIpc) is 2.24. The minimum Gasteiger partial charge on any atom is -0.488 e. The molecule has 0 aliphatic heterocycles. The van der Waals surface area contributed by atoms with E-state index in [4.69, 9.17) is 10.5 Å². The zero-order chi connectivity index (χ0) is 14.8. The maximum absolute atomic E-state index is 10.2. The molecule has 0 aromatic heterocycles. The quantitative estimate of drug-likeness (QED) is 0.895. The maximum Gasteiger partial charge on any atom is 0.120 e. The van der Waals surface area contributed by atoms with E-state index in [0.29, 0.717) is 0 Å². The Kier molecular flexibility index (Phi) is 6.53. The molecule has 20 heavy (non-hydrogen) atoms. The number of aliphatic hydroxyl groups excluding tert-OH is 1. The van der Waals surface area contributed by atoms with Gasteiger partial charge >= 0.3 is 0 Å². The van der Waals surface area contributed by atoms with Crippen molar-refractivity contribution in [2.75, 3.05) is 0 Å². The number of rotatable bonds is 3. The zero-order valence-electron chi connectivity index (χ0n) is 13.3. The van der Waals surface area contributed by atoms with E-state index in [-0.39, 0.29) is 29.5 Å². The minimum atomic E-state index is -0.582. The van der Waals surface area contributed by atoms with Crippen LogP contribution in [0.4, 0.5) is 0 Å². The third kappa shape index (κ3) is 5.70. The molecule has 0 unspecified atom stereocenters. The molecular weight excluding hydrogens is 274 g/mol. The lowest BCUT2D eigenvalue weighted by Crippen LogP contribution is -2.36. The van der Waals surface area contributed by atoms with Crippen LogP contribution in [-0.4, -0.2) is 16.8 Å². The van der Waals surface area contributed by atoms with Crippen molar-refractivity contribution in [3.05, 3.63) is 29.8 Å². The lowest BCUT2D eigenvalue weighted by molar-refractivity contribution is 0.0400. The molecule has 3 N–H and O–H groups in total. The summed E-state index contributed by atoms with van der Waals surface area (Å²) in [6.07, 6.45) is -0.582. The molecule has 0 radical (unpaired) electrons. The van der Waals surface area contributed by atoms with E-state index in [9.17, 15) is 5.11 Å². The van der Waals surface area contributed by atoms with Gasteiger partial charge in [0, 0.05) is 0 Å². The van der Waals surface area contributed by atoms with Crippen LogP contribution in [0.1, 0.15) is 53.1 Å². The molecule has 1 aromatic rings. The summed E-state index contributed by atoms with van der Waals surface area (Å²) < 4.78 is 5.76. The Labute approximate surface area is 128 Å². The monoisotopic (exact) mass is 301 g/mol. The van der Waals surface area contributed by atoms with E-state index in [2.05, 4.69) is 0 Å². The summed E-state index contributed by atoms with van der Waals surface area (Å²) in [5.41, 5.74) is 6.58. The summed E-state index contributed by atoms with van der Waals surface area (Å²) in [4.78, 5) is 0. The molecule has 0 aliphatic carbocycles. The minimum absolute atomic E-state index is 0. The van der Waals surface area contributed by atoms with Crippen LogP contribution in [-0.2, 0) is 0 Å². The second-order valence-electron chi connectivity index (χ2n) is 7.12. The molecule has 1 aromatic carbocycles. The Morgan fingerprint density at radius 2 is 1.45 bits per heavy atom. The highest BCUT2D eigenvalue weighted by atomic mass is 35.5. The van der Waals surface area contributed by atoms with Crippen molar-refractivity contribution in [3.8, 4) is 5.75 Å². The van der Waals surface area contributed by atoms with Crippen LogP contribution in [0, 0.1) is 5.41 Å². The summed E-state index contributed by atoms with van der Waals surface area (Å²) in [5, 5.41) is 10.2. The normalized spacial score (nSPS) is 15.2. The summed E-state index contributed by atoms with van der Waals surface area (Å²) >= 11 is 0. The summed E-state index contributed by atoms with van der Waals surface area (Å²) in [6.45, 7) is 12.0. The molecule has 116 valence electrons. The fraction of sp³-hybridized carbons (Fsp3) is 0.625. The third-order valence-corrected chi connectivity index (χ3v) is 2.92. The highest BCUT2D eigenvalue weighted by Gasteiger charge is 2.29. The van der Waals surface area contributed by atoms with Gasteiger partial charge in [0.05, 0.1) is 12.1 Å². The van der Waals surface area contributed by atoms with Crippen LogP contribution in [0.15, 0.2) is 24.3 Å². The van der Waals surface area contributed by atoms with Crippen molar-refractivity contribution in [2.24, 2.45) is 11.1 Å². The number of aliphatic hydroxyl groups is 1. The first kappa shape index (κ1) is 19.2. The van der Waals surface area contributed by atoms with Crippen molar-refractivity contribution in [3.63, 3.8) is 0 Å². The Morgan fingerprint density at radius 1 is 1.00 bits per heavy atom. The number of hydrogen-bond donors (Lipinski definition) is 2. The largest absolute Gasteiger partial charge is 0.488 e. The van der Waals surface area contributed by atoms with Gasteiger partial charge in [-0.15, -0.1) is 12.4 Å². The Balaban J connectivity index is 0.00000361. The van der Waals surface area contributed by atoms with Crippen LogP contribution in [0.25, 0.3) is 0 Å². The van der Waals surface area contributed by atoms with Gasteiger partial charge in [0.2, 0.25) is 0 Å². The first-order chi connectivity index (χ1) is 8.50. The Hall–Kier alpha value is -0.770. The Bertz CT molecular complexity index is 404. The molecular formula is C16H28ClNO2. The number of benzene rings is 1. The SMILES string of the molecule is CC(C)(C)Oc1ccc([C@@H](N)[C@@H](O)C(C)(C)C)cc1.Cl. The van der Waals surface area contributed by atoms with Gasteiger partial charge in [0.25, 0.3) is 0 Å². The number of hydrogen-bond acceptors (Lipinski definition) is 3. The molecule has 0 bridgehead atoms. The highest BCUT2D eigenvalue weighted by molar-refractivity contribution is 5.85. The standard InChI is InChI=1S/C16H27NO2.ClH/c1-15(2,3)14(18)13(17)11-7-9-12(10-8-11)19-16(4,5)6;/h7-10,13-14,18H,17H2,1-6H3;1H/t13-,14-;/m1./s1. The summed E-state index contributed by atoms with van der Waals surface area (Å²) in [7, 11) is 0. The molecule has 3 nitrogen and oxygen atoms in total. The van der Waals surface area contributed by atoms with Crippen LogP contribution in [0.5, 0.6) is 5.75 Å². The molecule has 0 saturated carbocycles. The fourth-order valence-corrected chi connectivity index (χ4v) is 1.83. The first-order valence-corrected chi connectivity index (χ1v) is 6.73. The van der Waals surface area contributed by atoms with Crippen molar-refractivity contribution < 1.29 is 9.84 Å². The van der Waals surface area contributed by atoms with Gasteiger partial charge in [-0.1, -0.05) is 32.9 Å². The highest BCUT2D eigenvalue weighted by Crippen LogP contribution is 2.29. The lowest BCUT2D eigenvalue weighted by Gasteiger charge is -2.31. The topological polar surface area (TPSA) is 55.5 Å². The van der Waals surface area contributed by atoms with Crippen LogP contribution < -0.4 is 10.5 Å². The van der Waals surface area contributed by atoms with E-state index < -0.39 is 6.10 Å². The average molecular weight is 302 g/mol. The predicted molar refractivity (Wildman–Crippen MR) is 86.5 cm³/mol. The fourth-order valence-electron chi connectivity index (χ4n) is 1.83. The van der Waals surface area contributed by atoms with Crippen LogP contribution in [0.3, 0.4) is 0 Å². The van der Waals surface area contributed by atoms with Gasteiger partial charge in [0.1, 0.15) is 11.4 Å². The van der Waals surface area contributed by atoms with Crippen molar-refractivity contribution in [2.45, 2.75) is 59.3 Å². The molecule has 0 aliphatic rings. The van der Waals surface area contributed by atoms with Crippen LogP contribution in [0.2, 0.25) is 0 Å². The van der Waals surface area contributed by atoms with E-state index in [1.54, 1.807) is 0 Å². The lowest BCUT2D eigenvalue weighted by atomic mass is 9.82. The smallest absolute Gasteiger partial charge is 0.120 e. The number of nitrogens with two attached hydrogens (primary N) is 1.